The number of nitrogens with one attached hydrogen (secondary N) is 1. The van der Waals surface area contributed by atoms with Gasteiger partial charge in [0.25, 0.3) is 0 Å². The molecule has 0 aromatic heterocycles. The van der Waals surface area contributed by atoms with Crippen molar-refractivity contribution in [1.29, 1.82) is 0 Å². The number of ether oxygens (including phenoxy) is 1. The molecule has 3 rings (SSSR count). The Kier molecular flexibility index (Phi) is 4.87. The molecule has 24 heavy (non-hydrogen) atoms. The van der Waals surface area contributed by atoms with E-state index in [9.17, 15) is 4.79 Å². The van der Waals surface area contributed by atoms with E-state index in [1.54, 1.807) is 13.3 Å². The van der Waals surface area contributed by atoms with Crippen LogP contribution in [0, 0.1) is 0 Å². The third-order valence-electron chi connectivity index (χ3n) is 3.74. The Labute approximate surface area is 140 Å². The highest BCUT2D eigenvalue weighted by Crippen LogP contribution is 2.26. The lowest BCUT2D eigenvalue weighted by Crippen LogP contribution is -2.19. The summed E-state index contributed by atoms with van der Waals surface area (Å²) in [5, 5.41) is 6.21. The van der Waals surface area contributed by atoms with Gasteiger partial charge in [-0.05, 0) is 22.4 Å². The van der Waals surface area contributed by atoms with Crippen LogP contribution in [0.2, 0.25) is 0 Å². The molecule has 0 aliphatic carbocycles. The molecule has 4 heteroatoms. The van der Waals surface area contributed by atoms with Gasteiger partial charge in [0.2, 0.25) is 5.91 Å². The molecule has 0 saturated heterocycles. The van der Waals surface area contributed by atoms with Crippen molar-refractivity contribution in [2.45, 2.75) is 6.42 Å². The zero-order valence-electron chi connectivity index (χ0n) is 13.4. The molecular formula is C20H18N2O2. The minimum Gasteiger partial charge on any atom is -0.496 e. The largest absolute Gasteiger partial charge is 0.496 e. The highest BCUT2D eigenvalue weighted by molar-refractivity contribution is 6.02. The van der Waals surface area contributed by atoms with Crippen LogP contribution in [0.5, 0.6) is 5.75 Å². The molecule has 4 nitrogen and oxygen atoms in total. The molecule has 0 fully saturated rings. The summed E-state index contributed by atoms with van der Waals surface area (Å²) >= 11 is 0. The number of fused-ring (bicyclic) bond motifs is 1. The maximum atomic E-state index is 12.0. The van der Waals surface area contributed by atoms with Crippen molar-refractivity contribution < 1.29 is 9.53 Å². The number of hydrogen-bond donors (Lipinski definition) is 1. The zero-order chi connectivity index (χ0) is 16.8. The molecule has 1 N–H and O–H groups in total. The van der Waals surface area contributed by atoms with Crippen molar-refractivity contribution in [3.8, 4) is 5.75 Å². The van der Waals surface area contributed by atoms with Gasteiger partial charge in [-0.1, -0.05) is 60.7 Å². The minimum atomic E-state index is -0.156. The van der Waals surface area contributed by atoms with Crippen LogP contribution in [0.4, 0.5) is 0 Å². The molecule has 0 bridgehead atoms. The number of carbonyl (C=O) groups excluding carboxylic acids is 1. The van der Waals surface area contributed by atoms with Crippen molar-refractivity contribution >= 4 is 22.9 Å². The molecule has 3 aromatic rings. The average molecular weight is 318 g/mol. The maximum Gasteiger partial charge on any atom is 0.244 e. The Morgan fingerprint density at radius 3 is 2.58 bits per heavy atom. The second kappa shape index (κ2) is 7.42. The van der Waals surface area contributed by atoms with E-state index in [4.69, 9.17) is 4.74 Å². The molecular weight excluding hydrogens is 300 g/mol. The fourth-order valence-electron chi connectivity index (χ4n) is 2.58. The first-order valence-electron chi connectivity index (χ1n) is 7.69. The molecule has 0 spiro atoms. The highest BCUT2D eigenvalue weighted by Gasteiger charge is 2.06. The van der Waals surface area contributed by atoms with Crippen LogP contribution in [0.1, 0.15) is 11.1 Å². The van der Waals surface area contributed by atoms with Gasteiger partial charge in [-0.2, -0.15) is 5.10 Å². The summed E-state index contributed by atoms with van der Waals surface area (Å²) in [5.41, 5.74) is 4.37. The van der Waals surface area contributed by atoms with E-state index >= 15 is 0 Å². The number of benzene rings is 3. The van der Waals surface area contributed by atoms with Gasteiger partial charge in [0.1, 0.15) is 5.75 Å². The molecule has 0 atom stereocenters. The lowest BCUT2D eigenvalue weighted by molar-refractivity contribution is -0.120. The van der Waals surface area contributed by atoms with Crippen molar-refractivity contribution in [3.63, 3.8) is 0 Å². The topological polar surface area (TPSA) is 50.7 Å². The number of amides is 1. The molecule has 0 aliphatic heterocycles. The lowest BCUT2D eigenvalue weighted by Gasteiger charge is -2.08. The number of nitrogens with zero attached hydrogens (tertiary/aromatic N) is 1. The summed E-state index contributed by atoms with van der Waals surface area (Å²) in [6, 6.07) is 21.4. The monoisotopic (exact) mass is 318 g/mol. The zero-order valence-corrected chi connectivity index (χ0v) is 13.4. The van der Waals surface area contributed by atoms with E-state index in [-0.39, 0.29) is 5.91 Å². The number of rotatable bonds is 5. The van der Waals surface area contributed by atoms with Gasteiger partial charge >= 0.3 is 0 Å². The number of hydrogen-bond acceptors (Lipinski definition) is 3. The third kappa shape index (κ3) is 3.60. The van der Waals surface area contributed by atoms with Crippen LogP contribution in [0.25, 0.3) is 10.8 Å². The Morgan fingerprint density at radius 1 is 1.04 bits per heavy atom. The highest BCUT2D eigenvalue weighted by atomic mass is 16.5. The lowest BCUT2D eigenvalue weighted by atomic mass is 10.0. The predicted octanol–water partition coefficient (Wildman–Crippen LogP) is 3.54. The second-order valence-corrected chi connectivity index (χ2v) is 5.36. The Bertz CT molecular complexity index is 873. The SMILES string of the molecule is COc1ccc2ccccc2c1/C=N/NC(=O)Cc1ccccc1. The van der Waals surface area contributed by atoms with Gasteiger partial charge in [-0.3, -0.25) is 4.79 Å². The van der Waals surface area contributed by atoms with E-state index in [1.165, 1.54) is 0 Å². The van der Waals surface area contributed by atoms with Gasteiger partial charge in [0.05, 0.1) is 19.7 Å². The molecule has 0 aliphatic rings. The van der Waals surface area contributed by atoms with E-state index in [1.807, 2.05) is 66.7 Å². The summed E-state index contributed by atoms with van der Waals surface area (Å²) in [5.74, 6) is 0.561. The number of hydrazone groups is 1. The molecule has 0 saturated carbocycles. The van der Waals surface area contributed by atoms with E-state index < -0.39 is 0 Å². The standard InChI is InChI=1S/C20H18N2O2/c1-24-19-12-11-16-9-5-6-10-17(16)18(19)14-21-22-20(23)13-15-7-3-2-4-8-15/h2-12,14H,13H2,1H3,(H,22,23)/b21-14+. The van der Waals surface area contributed by atoms with Crippen LogP contribution in [0.15, 0.2) is 71.8 Å². The smallest absolute Gasteiger partial charge is 0.244 e. The Morgan fingerprint density at radius 2 is 1.79 bits per heavy atom. The van der Waals surface area contributed by atoms with E-state index in [0.29, 0.717) is 6.42 Å². The van der Waals surface area contributed by atoms with Crippen LogP contribution in [-0.2, 0) is 11.2 Å². The van der Waals surface area contributed by atoms with Gasteiger partial charge in [-0.25, -0.2) is 5.43 Å². The second-order valence-electron chi connectivity index (χ2n) is 5.36. The number of carbonyl (C=O) groups is 1. The molecule has 0 unspecified atom stereocenters. The third-order valence-corrected chi connectivity index (χ3v) is 3.74. The van der Waals surface area contributed by atoms with Crippen molar-refractivity contribution in [1.82, 2.24) is 5.43 Å². The van der Waals surface area contributed by atoms with Gasteiger partial charge in [-0.15, -0.1) is 0 Å². The molecule has 120 valence electrons. The van der Waals surface area contributed by atoms with Gasteiger partial charge < -0.3 is 4.74 Å². The first-order valence-corrected chi connectivity index (χ1v) is 7.69. The van der Waals surface area contributed by atoms with Crippen LogP contribution in [-0.4, -0.2) is 19.2 Å². The fraction of sp³-hybridized carbons (Fsp3) is 0.100. The van der Waals surface area contributed by atoms with Crippen molar-refractivity contribution in [3.05, 3.63) is 77.9 Å². The van der Waals surface area contributed by atoms with E-state index in [0.717, 1.165) is 27.6 Å². The Hall–Kier alpha value is -3.14. The quantitative estimate of drug-likeness (QED) is 0.578. The van der Waals surface area contributed by atoms with Crippen LogP contribution < -0.4 is 10.2 Å². The van der Waals surface area contributed by atoms with Gasteiger partial charge in [0, 0.05) is 5.56 Å². The molecule has 3 aromatic carbocycles. The predicted molar refractivity (Wildman–Crippen MR) is 96.4 cm³/mol. The van der Waals surface area contributed by atoms with Crippen molar-refractivity contribution in [2.24, 2.45) is 5.10 Å². The fourth-order valence-corrected chi connectivity index (χ4v) is 2.58. The number of methoxy groups -OCH3 is 1. The molecule has 0 radical (unpaired) electrons. The van der Waals surface area contributed by atoms with Gasteiger partial charge in [0.15, 0.2) is 0 Å². The van der Waals surface area contributed by atoms with E-state index in [2.05, 4.69) is 10.5 Å². The average Bonchev–Trinajstić information content (AvgIpc) is 2.62. The van der Waals surface area contributed by atoms with Crippen LogP contribution >= 0.6 is 0 Å². The van der Waals surface area contributed by atoms with Crippen molar-refractivity contribution in [2.75, 3.05) is 7.11 Å². The molecule has 1 amide bonds. The summed E-state index contributed by atoms with van der Waals surface area (Å²) in [6.45, 7) is 0. The minimum absolute atomic E-state index is 0.156. The summed E-state index contributed by atoms with van der Waals surface area (Å²) in [7, 11) is 1.62. The first kappa shape index (κ1) is 15.7. The van der Waals surface area contributed by atoms with Crippen LogP contribution in [0.3, 0.4) is 0 Å². The Balaban J connectivity index is 1.77. The maximum absolute atomic E-state index is 12.0. The normalized spacial score (nSPS) is 10.9. The summed E-state index contributed by atoms with van der Waals surface area (Å²) in [4.78, 5) is 12.0. The summed E-state index contributed by atoms with van der Waals surface area (Å²) in [6.07, 6.45) is 1.93. The molecule has 0 heterocycles. The first-order chi connectivity index (χ1) is 11.8. The summed E-state index contributed by atoms with van der Waals surface area (Å²) < 4.78 is 5.40.